The van der Waals surface area contributed by atoms with E-state index in [1.54, 1.807) is 14.0 Å². The monoisotopic (exact) mass is 316 g/mol. The van der Waals surface area contributed by atoms with Gasteiger partial charge in [-0.25, -0.2) is 0 Å². The van der Waals surface area contributed by atoms with Gasteiger partial charge in [0.05, 0.1) is 24.8 Å². The fourth-order valence-electron chi connectivity index (χ4n) is 1.90. The van der Waals surface area contributed by atoms with Crippen LogP contribution in [0.15, 0.2) is 12.1 Å². The molecule has 120 valence electrons. The fourth-order valence-corrected chi connectivity index (χ4v) is 2.22. The fraction of sp³-hybridized carbons (Fsp3) is 0.600. The lowest BCUT2D eigenvalue weighted by molar-refractivity contribution is 0.191. The molecule has 0 bridgehead atoms. The second-order valence-corrected chi connectivity index (χ2v) is 5.18. The first kappa shape index (κ1) is 18.0. The highest BCUT2D eigenvalue weighted by Gasteiger charge is 2.11. The van der Waals surface area contributed by atoms with Gasteiger partial charge in [-0.3, -0.25) is 0 Å². The summed E-state index contributed by atoms with van der Waals surface area (Å²) in [6.45, 7) is 7.14. The van der Waals surface area contributed by atoms with E-state index in [9.17, 15) is 0 Å². The Balaban J connectivity index is 2.48. The third-order valence-corrected chi connectivity index (χ3v) is 3.10. The lowest BCUT2D eigenvalue weighted by atomic mass is 10.2. The Labute approximate surface area is 131 Å². The van der Waals surface area contributed by atoms with Crippen LogP contribution in [0.3, 0.4) is 0 Å². The van der Waals surface area contributed by atoms with Crippen molar-refractivity contribution in [2.24, 2.45) is 0 Å². The van der Waals surface area contributed by atoms with E-state index in [1.165, 1.54) is 0 Å². The van der Waals surface area contributed by atoms with Gasteiger partial charge in [-0.05, 0) is 31.5 Å². The number of benzene rings is 1. The minimum Gasteiger partial charge on any atom is -0.491 e. The van der Waals surface area contributed by atoms with Crippen LogP contribution in [0.5, 0.6) is 11.5 Å². The van der Waals surface area contributed by atoms with Crippen molar-refractivity contribution in [3.05, 3.63) is 22.7 Å². The number of ether oxygens (including phenoxy) is 2. The zero-order valence-corrected chi connectivity index (χ0v) is 13.7. The third-order valence-electron chi connectivity index (χ3n) is 2.82. The van der Waals surface area contributed by atoms with Gasteiger partial charge in [0.1, 0.15) is 0 Å². The molecule has 0 fully saturated rings. The highest BCUT2D eigenvalue weighted by Crippen LogP contribution is 2.36. The molecule has 1 aromatic carbocycles. The van der Waals surface area contributed by atoms with Crippen LogP contribution >= 0.6 is 11.6 Å². The SMILES string of the molecule is CCOc1cc(CNCCNC[C@@H](C)O)cc(Cl)c1OC. The summed E-state index contributed by atoms with van der Waals surface area (Å²) in [6.07, 6.45) is -0.320. The Bertz CT molecular complexity index is 428. The first-order valence-corrected chi connectivity index (χ1v) is 7.55. The molecule has 0 aromatic heterocycles. The van der Waals surface area contributed by atoms with Gasteiger partial charge in [-0.1, -0.05) is 11.6 Å². The van der Waals surface area contributed by atoms with Crippen LogP contribution < -0.4 is 20.1 Å². The maximum absolute atomic E-state index is 9.12. The van der Waals surface area contributed by atoms with E-state index in [0.717, 1.165) is 18.7 Å². The molecule has 0 radical (unpaired) electrons. The van der Waals surface area contributed by atoms with Crippen molar-refractivity contribution < 1.29 is 14.6 Å². The normalized spacial score (nSPS) is 12.2. The molecule has 0 saturated carbocycles. The molecular weight excluding hydrogens is 292 g/mol. The maximum Gasteiger partial charge on any atom is 0.179 e. The minimum absolute atomic E-state index is 0.320. The second-order valence-electron chi connectivity index (χ2n) is 4.77. The molecule has 0 aliphatic heterocycles. The molecule has 5 nitrogen and oxygen atoms in total. The average Bonchev–Trinajstić information content (AvgIpc) is 2.42. The Morgan fingerprint density at radius 3 is 2.62 bits per heavy atom. The Kier molecular flexibility index (Phi) is 8.45. The van der Waals surface area contributed by atoms with Crippen LogP contribution in [0.1, 0.15) is 19.4 Å². The molecule has 0 heterocycles. The van der Waals surface area contributed by atoms with E-state index in [-0.39, 0.29) is 6.10 Å². The lowest BCUT2D eigenvalue weighted by Gasteiger charge is -2.13. The molecular formula is C15H25ClN2O3. The van der Waals surface area contributed by atoms with Crippen molar-refractivity contribution >= 4 is 11.6 Å². The molecule has 3 N–H and O–H groups in total. The Morgan fingerprint density at radius 1 is 1.29 bits per heavy atom. The average molecular weight is 317 g/mol. The lowest BCUT2D eigenvalue weighted by Crippen LogP contribution is -2.31. The van der Waals surface area contributed by atoms with Crippen LogP contribution in [0.4, 0.5) is 0 Å². The summed E-state index contributed by atoms with van der Waals surface area (Å²) in [7, 11) is 1.58. The third kappa shape index (κ3) is 6.52. The van der Waals surface area contributed by atoms with Gasteiger partial charge in [0, 0.05) is 26.2 Å². The standard InChI is InChI=1S/C15H25ClN2O3/c1-4-21-14-8-12(7-13(16)15(14)20-3)10-18-6-5-17-9-11(2)19/h7-8,11,17-19H,4-6,9-10H2,1-3H3/t11-/m1/s1. The molecule has 1 atom stereocenters. The van der Waals surface area contributed by atoms with Gasteiger partial charge in [-0.2, -0.15) is 0 Å². The van der Waals surface area contributed by atoms with Crippen molar-refractivity contribution in [3.8, 4) is 11.5 Å². The van der Waals surface area contributed by atoms with Crippen molar-refractivity contribution in [2.75, 3.05) is 33.4 Å². The quantitative estimate of drug-likeness (QED) is 0.575. The molecule has 6 heteroatoms. The van der Waals surface area contributed by atoms with Crippen LogP contribution in [-0.2, 0) is 6.54 Å². The number of nitrogens with one attached hydrogen (secondary N) is 2. The molecule has 0 spiro atoms. The number of aliphatic hydroxyl groups excluding tert-OH is 1. The first-order valence-electron chi connectivity index (χ1n) is 7.17. The highest BCUT2D eigenvalue weighted by molar-refractivity contribution is 6.32. The van der Waals surface area contributed by atoms with Crippen molar-refractivity contribution in [3.63, 3.8) is 0 Å². The number of methoxy groups -OCH3 is 1. The number of hydrogen-bond acceptors (Lipinski definition) is 5. The van der Waals surface area contributed by atoms with Crippen molar-refractivity contribution in [1.82, 2.24) is 10.6 Å². The van der Waals surface area contributed by atoms with Crippen LogP contribution in [0.2, 0.25) is 5.02 Å². The number of halogens is 1. The summed E-state index contributed by atoms with van der Waals surface area (Å²) in [5.74, 6) is 1.23. The van der Waals surface area contributed by atoms with Crippen molar-refractivity contribution in [2.45, 2.75) is 26.5 Å². The van der Waals surface area contributed by atoms with E-state index >= 15 is 0 Å². The number of aliphatic hydroxyl groups is 1. The summed E-state index contributed by atoms with van der Waals surface area (Å²) >= 11 is 6.19. The minimum atomic E-state index is -0.320. The maximum atomic E-state index is 9.12. The van der Waals surface area contributed by atoms with E-state index < -0.39 is 0 Å². The largest absolute Gasteiger partial charge is 0.491 e. The molecule has 0 unspecified atom stereocenters. The van der Waals surface area contributed by atoms with Gasteiger partial charge >= 0.3 is 0 Å². The van der Waals surface area contributed by atoms with Gasteiger partial charge in [-0.15, -0.1) is 0 Å². The van der Waals surface area contributed by atoms with E-state index in [2.05, 4.69) is 10.6 Å². The Hall–Kier alpha value is -1.01. The topological polar surface area (TPSA) is 62.8 Å². The summed E-state index contributed by atoms with van der Waals surface area (Å²) in [5.41, 5.74) is 1.04. The van der Waals surface area contributed by atoms with Gasteiger partial charge < -0.3 is 25.2 Å². The summed E-state index contributed by atoms with van der Waals surface area (Å²) < 4.78 is 10.8. The number of rotatable bonds is 10. The van der Waals surface area contributed by atoms with Gasteiger partial charge in [0.15, 0.2) is 11.5 Å². The predicted octanol–water partition coefficient (Wildman–Crippen LogP) is 1.81. The molecule has 0 aliphatic rings. The second kappa shape index (κ2) is 9.84. The van der Waals surface area contributed by atoms with E-state index in [1.807, 2.05) is 19.1 Å². The zero-order chi connectivity index (χ0) is 15.7. The van der Waals surface area contributed by atoms with Crippen molar-refractivity contribution in [1.29, 1.82) is 0 Å². The molecule has 1 aromatic rings. The van der Waals surface area contributed by atoms with Crippen LogP contribution in [0.25, 0.3) is 0 Å². The summed E-state index contributed by atoms with van der Waals surface area (Å²) in [5, 5.41) is 16.1. The Morgan fingerprint density at radius 2 is 2.00 bits per heavy atom. The highest BCUT2D eigenvalue weighted by atomic mass is 35.5. The van der Waals surface area contributed by atoms with Gasteiger partial charge in [0.25, 0.3) is 0 Å². The zero-order valence-electron chi connectivity index (χ0n) is 12.9. The number of hydrogen-bond donors (Lipinski definition) is 3. The van der Waals surface area contributed by atoms with E-state index in [4.69, 9.17) is 26.2 Å². The predicted molar refractivity (Wildman–Crippen MR) is 85.4 cm³/mol. The molecule has 21 heavy (non-hydrogen) atoms. The smallest absolute Gasteiger partial charge is 0.179 e. The molecule has 0 aliphatic carbocycles. The van der Waals surface area contributed by atoms with Crippen LogP contribution in [-0.4, -0.2) is 44.6 Å². The van der Waals surface area contributed by atoms with Gasteiger partial charge in [0.2, 0.25) is 0 Å². The first-order chi connectivity index (χ1) is 10.1. The van der Waals surface area contributed by atoms with E-state index in [0.29, 0.717) is 36.2 Å². The molecule has 1 rings (SSSR count). The van der Waals surface area contributed by atoms with Crippen LogP contribution in [0, 0.1) is 0 Å². The summed E-state index contributed by atoms with van der Waals surface area (Å²) in [6, 6.07) is 3.81. The summed E-state index contributed by atoms with van der Waals surface area (Å²) in [4.78, 5) is 0. The molecule has 0 saturated heterocycles. The molecule has 0 amide bonds.